The first-order valence-corrected chi connectivity index (χ1v) is 3.19. The van der Waals surface area contributed by atoms with E-state index in [2.05, 4.69) is 0 Å². The second kappa shape index (κ2) is 4.68. The summed E-state index contributed by atoms with van der Waals surface area (Å²) in [6, 6.07) is 0. The number of ether oxygens (including phenoxy) is 1. The van der Waals surface area contributed by atoms with Gasteiger partial charge < -0.3 is 16.2 Å². The van der Waals surface area contributed by atoms with Crippen molar-refractivity contribution in [2.24, 2.45) is 17.4 Å². The largest absolute Gasteiger partial charge is 0.371 e. The van der Waals surface area contributed by atoms with Gasteiger partial charge in [0.1, 0.15) is 6.61 Å². The Kier molecular flexibility index (Phi) is 4.21. The van der Waals surface area contributed by atoms with Crippen molar-refractivity contribution >= 4 is 11.8 Å². The number of amides is 2. The van der Waals surface area contributed by atoms with E-state index >= 15 is 0 Å². The minimum absolute atomic E-state index is 0.137. The summed E-state index contributed by atoms with van der Waals surface area (Å²) in [4.78, 5) is 20.5. The van der Waals surface area contributed by atoms with Crippen LogP contribution in [0.3, 0.4) is 0 Å². The molecule has 1 atom stereocenters. The summed E-state index contributed by atoms with van der Waals surface area (Å²) < 4.78 is 4.74. The van der Waals surface area contributed by atoms with Crippen LogP contribution in [0.2, 0.25) is 0 Å². The third-order valence-corrected chi connectivity index (χ3v) is 1.10. The Balaban J connectivity index is 3.39. The van der Waals surface area contributed by atoms with Crippen molar-refractivity contribution in [2.45, 2.75) is 6.92 Å². The lowest BCUT2D eigenvalue weighted by Crippen LogP contribution is -2.27. The van der Waals surface area contributed by atoms with Gasteiger partial charge in [0.15, 0.2) is 0 Å². The molecule has 0 heterocycles. The zero-order chi connectivity index (χ0) is 8.85. The van der Waals surface area contributed by atoms with Crippen molar-refractivity contribution in [1.82, 2.24) is 0 Å². The summed E-state index contributed by atoms with van der Waals surface area (Å²) in [5, 5.41) is 0. The molecule has 1 unspecified atom stereocenters. The Hall–Kier alpha value is -1.10. The Labute approximate surface area is 64.7 Å². The molecule has 11 heavy (non-hydrogen) atoms. The van der Waals surface area contributed by atoms with Gasteiger partial charge in [0.25, 0.3) is 0 Å². The van der Waals surface area contributed by atoms with Crippen LogP contribution >= 0.6 is 0 Å². The van der Waals surface area contributed by atoms with Gasteiger partial charge in [0.05, 0.1) is 12.5 Å². The first kappa shape index (κ1) is 9.90. The highest BCUT2D eigenvalue weighted by atomic mass is 16.5. The highest BCUT2D eigenvalue weighted by Gasteiger charge is 2.08. The van der Waals surface area contributed by atoms with Crippen LogP contribution in [-0.4, -0.2) is 25.0 Å². The highest BCUT2D eigenvalue weighted by molar-refractivity contribution is 5.76. The summed E-state index contributed by atoms with van der Waals surface area (Å²) in [7, 11) is 0. The van der Waals surface area contributed by atoms with E-state index in [4.69, 9.17) is 16.2 Å². The molecule has 2 amide bonds. The molecule has 0 rings (SSSR count). The maximum Gasteiger partial charge on any atom is 0.243 e. The minimum atomic E-state index is -0.554. The molecule has 4 N–H and O–H groups in total. The molecule has 0 saturated heterocycles. The third kappa shape index (κ3) is 5.35. The number of hydrogen-bond donors (Lipinski definition) is 2. The molecule has 0 aliphatic carbocycles. The van der Waals surface area contributed by atoms with Gasteiger partial charge in [0.2, 0.25) is 11.8 Å². The summed E-state index contributed by atoms with van der Waals surface area (Å²) in [6.07, 6.45) is 0. The van der Waals surface area contributed by atoms with E-state index in [0.29, 0.717) is 0 Å². The molecular weight excluding hydrogens is 148 g/mol. The van der Waals surface area contributed by atoms with Crippen molar-refractivity contribution < 1.29 is 14.3 Å². The molecule has 0 radical (unpaired) electrons. The maximum absolute atomic E-state index is 10.4. The lowest BCUT2D eigenvalue weighted by Gasteiger charge is -2.05. The molecule has 0 aromatic rings. The van der Waals surface area contributed by atoms with Crippen LogP contribution in [-0.2, 0) is 14.3 Å². The molecule has 0 aliphatic rings. The monoisotopic (exact) mass is 160 g/mol. The van der Waals surface area contributed by atoms with Crippen LogP contribution in [0.1, 0.15) is 6.92 Å². The predicted octanol–water partition coefficient (Wildman–Crippen LogP) is -1.39. The van der Waals surface area contributed by atoms with Crippen molar-refractivity contribution in [3.05, 3.63) is 0 Å². The average molecular weight is 160 g/mol. The molecule has 0 spiro atoms. The standard InChI is InChI=1S/C6H12N2O3/c1-4(6(8)10)2-11-3-5(7)9/h4H,2-3H2,1H3,(H2,7,9)(H2,8,10). The fourth-order valence-electron chi connectivity index (χ4n) is 0.418. The summed E-state index contributed by atoms with van der Waals surface area (Å²) in [6.45, 7) is 1.58. The van der Waals surface area contributed by atoms with E-state index in [1.165, 1.54) is 0 Å². The van der Waals surface area contributed by atoms with Crippen LogP contribution in [0, 0.1) is 5.92 Å². The number of primary amides is 2. The van der Waals surface area contributed by atoms with Crippen LogP contribution in [0.15, 0.2) is 0 Å². The van der Waals surface area contributed by atoms with Gasteiger partial charge in [0, 0.05) is 0 Å². The smallest absolute Gasteiger partial charge is 0.243 e. The fraction of sp³-hybridized carbons (Fsp3) is 0.667. The van der Waals surface area contributed by atoms with Crippen molar-refractivity contribution in [3.63, 3.8) is 0 Å². The number of hydrogen-bond acceptors (Lipinski definition) is 3. The van der Waals surface area contributed by atoms with Crippen molar-refractivity contribution in [3.8, 4) is 0 Å². The topological polar surface area (TPSA) is 95.4 Å². The molecule has 0 aliphatic heterocycles. The number of rotatable bonds is 5. The van der Waals surface area contributed by atoms with Gasteiger partial charge in [-0.05, 0) is 0 Å². The predicted molar refractivity (Wildman–Crippen MR) is 38.4 cm³/mol. The first-order chi connectivity index (χ1) is 5.04. The Morgan fingerprint density at radius 2 is 2.00 bits per heavy atom. The third-order valence-electron chi connectivity index (χ3n) is 1.10. The molecule has 0 aromatic carbocycles. The second-order valence-electron chi connectivity index (χ2n) is 2.28. The number of carbonyl (C=O) groups is 2. The van der Waals surface area contributed by atoms with E-state index in [1.807, 2.05) is 0 Å². The van der Waals surface area contributed by atoms with Crippen molar-refractivity contribution in [2.75, 3.05) is 13.2 Å². The Bertz CT molecular complexity index is 158. The Morgan fingerprint density at radius 3 is 2.36 bits per heavy atom. The van der Waals surface area contributed by atoms with Gasteiger partial charge in [-0.2, -0.15) is 0 Å². The molecule has 0 fully saturated rings. The first-order valence-electron chi connectivity index (χ1n) is 3.19. The molecule has 0 bridgehead atoms. The minimum Gasteiger partial charge on any atom is -0.371 e. The number of carbonyl (C=O) groups excluding carboxylic acids is 2. The summed E-state index contributed by atoms with van der Waals surface area (Å²) >= 11 is 0. The molecule has 0 saturated carbocycles. The normalized spacial score (nSPS) is 12.5. The van der Waals surface area contributed by atoms with Crippen LogP contribution in [0.25, 0.3) is 0 Å². The number of nitrogens with two attached hydrogens (primary N) is 2. The SMILES string of the molecule is CC(COCC(N)=O)C(N)=O. The summed E-state index contributed by atoms with van der Waals surface area (Å²) in [5.74, 6) is -1.38. The quantitative estimate of drug-likeness (QED) is 0.518. The van der Waals surface area contributed by atoms with Gasteiger partial charge >= 0.3 is 0 Å². The van der Waals surface area contributed by atoms with Crippen LogP contribution in [0.5, 0.6) is 0 Å². The summed E-state index contributed by atoms with van der Waals surface area (Å²) in [5.41, 5.74) is 9.69. The lowest BCUT2D eigenvalue weighted by molar-refractivity contribution is -0.127. The van der Waals surface area contributed by atoms with Gasteiger partial charge in [-0.3, -0.25) is 9.59 Å². The lowest BCUT2D eigenvalue weighted by atomic mass is 10.2. The molecule has 5 heteroatoms. The average Bonchev–Trinajstić information content (AvgIpc) is 1.86. The fourth-order valence-corrected chi connectivity index (χ4v) is 0.418. The van der Waals surface area contributed by atoms with E-state index in [0.717, 1.165) is 0 Å². The van der Waals surface area contributed by atoms with Gasteiger partial charge in [-0.1, -0.05) is 6.92 Å². The highest BCUT2D eigenvalue weighted by Crippen LogP contribution is 1.92. The van der Waals surface area contributed by atoms with E-state index in [1.54, 1.807) is 6.92 Å². The van der Waals surface area contributed by atoms with Gasteiger partial charge in [-0.15, -0.1) is 0 Å². The molecule has 64 valence electrons. The van der Waals surface area contributed by atoms with Crippen molar-refractivity contribution in [1.29, 1.82) is 0 Å². The molecular formula is C6H12N2O3. The van der Waals surface area contributed by atoms with E-state index in [9.17, 15) is 9.59 Å². The zero-order valence-corrected chi connectivity index (χ0v) is 6.37. The maximum atomic E-state index is 10.4. The molecule has 5 nitrogen and oxygen atoms in total. The van der Waals surface area contributed by atoms with Crippen LogP contribution in [0.4, 0.5) is 0 Å². The van der Waals surface area contributed by atoms with Crippen LogP contribution < -0.4 is 11.5 Å². The Morgan fingerprint density at radius 1 is 1.45 bits per heavy atom. The second-order valence-corrected chi connectivity index (χ2v) is 2.28. The van der Waals surface area contributed by atoms with E-state index < -0.39 is 11.8 Å². The van der Waals surface area contributed by atoms with E-state index in [-0.39, 0.29) is 19.1 Å². The van der Waals surface area contributed by atoms with Gasteiger partial charge in [-0.25, -0.2) is 0 Å². The zero-order valence-electron chi connectivity index (χ0n) is 6.37. The molecule has 0 aromatic heterocycles.